The number of ether oxygens (including phenoxy) is 1. The van der Waals surface area contributed by atoms with E-state index >= 15 is 0 Å². The normalized spacial score (nSPS) is 11.2. The summed E-state index contributed by atoms with van der Waals surface area (Å²) in [4.78, 5) is 3.46. The highest BCUT2D eigenvalue weighted by Gasteiger charge is 2.21. The Balaban J connectivity index is 2.44. The molecule has 5 nitrogen and oxygen atoms in total. The largest absolute Gasteiger partial charge is 0.497 e. The maximum absolute atomic E-state index is 13.7. The molecule has 2 rings (SSSR count). The Labute approximate surface area is 134 Å². The first-order valence-electron chi connectivity index (χ1n) is 5.51. The number of pyridine rings is 1. The Hall–Kier alpha value is -1.38. The number of rotatable bonds is 4. The SMILES string of the molecule is COc1ccc(F)c(NS(=O)(=O)c2cc(Br)cnc2Cl)c1. The topological polar surface area (TPSA) is 68.3 Å². The van der Waals surface area contributed by atoms with E-state index < -0.39 is 15.8 Å². The van der Waals surface area contributed by atoms with Gasteiger partial charge in [-0.05, 0) is 34.1 Å². The molecule has 0 saturated carbocycles. The molecule has 0 atom stereocenters. The van der Waals surface area contributed by atoms with E-state index in [4.69, 9.17) is 16.3 Å². The third-order valence-corrected chi connectivity index (χ3v) is 4.71. The molecular weight excluding hydrogens is 387 g/mol. The Morgan fingerprint density at radius 3 is 2.76 bits per heavy atom. The van der Waals surface area contributed by atoms with Crippen LogP contribution in [-0.4, -0.2) is 20.5 Å². The van der Waals surface area contributed by atoms with Crippen LogP contribution in [0.4, 0.5) is 10.1 Å². The average molecular weight is 396 g/mol. The van der Waals surface area contributed by atoms with Gasteiger partial charge in [-0.15, -0.1) is 0 Å². The molecule has 2 aromatic rings. The van der Waals surface area contributed by atoms with Crippen molar-refractivity contribution in [1.82, 2.24) is 4.98 Å². The number of anilines is 1. The summed E-state index contributed by atoms with van der Waals surface area (Å²) in [5.74, 6) is -0.425. The van der Waals surface area contributed by atoms with Crippen molar-refractivity contribution in [3.8, 4) is 5.75 Å². The maximum Gasteiger partial charge on any atom is 0.265 e. The van der Waals surface area contributed by atoms with Crippen molar-refractivity contribution in [3.05, 3.63) is 45.9 Å². The van der Waals surface area contributed by atoms with Crippen LogP contribution in [0.1, 0.15) is 0 Å². The van der Waals surface area contributed by atoms with Crippen LogP contribution in [-0.2, 0) is 10.0 Å². The minimum Gasteiger partial charge on any atom is -0.497 e. The highest BCUT2D eigenvalue weighted by Crippen LogP contribution is 2.27. The number of benzene rings is 1. The molecule has 9 heteroatoms. The zero-order chi connectivity index (χ0) is 15.6. The Kier molecular flexibility index (Phi) is 4.70. The molecule has 0 amide bonds. The van der Waals surface area contributed by atoms with Gasteiger partial charge < -0.3 is 4.74 Å². The first-order valence-corrected chi connectivity index (χ1v) is 8.16. The first-order chi connectivity index (χ1) is 9.83. The Morgan fingerprint density at radius 1 is 1.38 bits per heavy atom. The van der Waals surface area contributed by atoms with Gasteiger partial charge in [0, 0.05) is 16.7 Å². The van der Waals surface area contributed by atoms with E-state index in [1.807, 2.05) is 0 Å². The molecule has 0 aliphatic carbocycles. The van der Waals surface area contributed by atoms with E-state index in [0.717, 1.165) is 6.07 Å². The van der Waals surface area contributed by atoms with E-state index in [0.29, 0.717) is 10.2 Å². The Morgan fingerprint density at radius 2 is 2.10 bits per heavy atom. The molecule has 1 N–H and O–H groups in total. The van der Waals surface area contributed by atoms with Crippen molar-refractivity contribution in [2.24, 2.45) is 0 Å². The molecule has 112 valence electrons. The quantitative estimate of drug-likeness (QED) is 0.805. The van der Waals surface area contributed by atoms with Gasteiger partial charge in [-0.2, -0.15) is 0 Å². The number of hydrogen-bond donors (Lipinski definition) is 1. The molecule has 0 fully saturated rings. The molecule has 1 aromatic heterocycles. The zero-order valence-corrected chi connectivity index (χ0v) is 13.8. The van der Waals surface area contributed by atoms with Gasteiger partial charge in [-0.1, -0.05) is 11.6 Å². The highest BCUT2D eigenvalue weighted by molar-refractivity contribution is 9.10. The number of nitrogens with one attached hydrogen (secondary N) is 1. The maximum atomic E-state index is 13.7. The third-order valence-electron chi connectivity index (χ3n) is 2.48. The van der Waals surface area contributed by atoms with E-state index in [-0.39, 0.29) is 15.7 Å². The lowest BCUT2D eigenvalue weighted by Crippen LogP contribution is -2.15. The van der Waals surface area contributed by atoms with Crippen LogP contribution < -0.4 is 9.46 Å². The highest BCUT2D eigenvalue weighted by atomic mass is 79.9. The van der Waals surface area contributed by atoms with Gasteiger partial charge in [-0.3, -0.25) is 4.72 Å². The summed E-state index contributed by atoms with van der Waals surface area (Å²) in [5, 5.41) is -0.214. The number of nitrogens with zero attached hydrogens (tertiary/aromatic N) is 1. The van der Waals surface area contributed by atoms with Crippen LogP contribution in [0.2, 0.25) is 5.15 Å². The molecule has 0 spiro atoms. The van der Waals surface area contributed by atoms with Gasteiger partial charge in [0.25, 0.3) is 10.0 Å². The molecule has 1 aromatic carbocycles. The van der Waals surface area contributed by atoms with Crippen molar-refractivity contribution in [3.63, 3.8) is 0 Å². The van der Waals surface area contributed by atoms with Gasteiger partial charge in [0.1, 0.15) is 21.6 Å². The van der Waals surface area contributed by atoms with E-state index in [1.54, 1.807) is 0 Å². The molecule has 0 aliphatic heterocycles. The summed E-state index contributed by atoms with van der Waals surface area (Å²) in [5.41, 5.74) is -0.245. The van der Waals surface area contributed by atoms with Crippen LogP contribution in [0.25, 0.3) is 0 Å². The minimum absolute atomic E-state index is 0.214. The second-order valence-corrected chi connectivity index (χ2v) is 6.82. The van der Waals surface area contributed by atoms with Gasteiger partial charge >= 0.3 is 0 Å². The van der Waals surface area contributed by atoms with Crippen LogP contribution in [0, 0.1) is 5.82 Å². The van der Waals surface area contributed by atoms with Crippen molar-refractivity contribution >= 4 is 43.2 Å². The second-order valence-electron chi connectivity index (χ2n) is 3.89. The smallest absolute Gasteiger partial charge is 0.265 e. The van der Waals surface area contributed by atoms with Gasteiger partial charge in [-0.25, -0.2) is 17.8 Å². The fourth-order valence-corrected chi connectivity index (χ4v) is 3.51. The van der Waals surface area contributed by atoms with Crippen LogP contribution in [0.5, 0.6) is 5.75 Å². The molecule has 0 radical (unpaired) electrons. The summed E-state index contributed by atoms with van der Waals surface area (Å²) in [6.45, 7) is 0. The molecule has 0 saturated heterocycles. The van der Waals surface area contributed by atoms with Crippen LogP contribution in [0.15, 0.2) is 39.8 Å². The lowest BCUT2D eigenvalue weighted by atomic mass is 10.3. The minimum atomic E-state index is -4.08. The molecule has 0 aliphatic rings. The van der Waals surface area contributed by atoms with Crippen LogP contribution in [0.3, 0.4) is 0 Å². The monoisotopic (exact) mass is 394 g/mol. The van der Waals surface area contributed by atoms with Gasteiger partial charge in [0.15, 0.2) is 0 Å². The fourth-order valence-electron chi connectivity index (χ4n) is 1.50. The van der Waals surface area contributed by atoms with Gasteiger partial charge in [0.05, 0.1) is 12.8 Å². The van der Waals surface area contributed by atoms with Gasteiger partial charge in [0.2, 0.25) is 0 Å². The summed E-state index contributed by atoms with van der Waals surface area (Å²) in [6, 6.07) is 4.97. The van der Waals surface area contributed by atoms with Crippen molar-refractivity contribution in [2.45, 2.75) is 4.90 Å². The van der Waals surface area contributed by atoms with Crippen molar-refractivity contribution < 1.29 is 17.5 Å². The molecule has 0 unspecified atom stereocenters. The van der Waals surface area contributed by atoms with Crippen molar-refractivity contribution in [2.75, 3.05) is 11.8 Å². The lowest BCUT2D eigenvalue weighted by molar-refractivity contribution is 0.414. The summed E-state index contributed by atoms with van der Waals surface area (Å²) in [6.07, 6.45) is 1.35. The number of aromatic nitrogens is 1. The third kappa shape index (κ3) is 3.63. The molecule has 21 heavy (non-hydrogen) atoms. The van der Waals surface area contributed by atoms with E-state index in [1.165, 1.54) is 31.5 Å². The zero-order valence-electron chi connectivity index (χ0n) is 10.6. The average Bonchev–Trinajstić information content (AvgIpc) is 2.43. The number of methoxy groups -OCH3 is 1. The number of sulfonamides is 1. The Bertz CT molecular complexity index is 786. The molecule has 0 bridgehead atoms. The predicted octanol–water partition coefficient (Wildman–Crippen LogP) is 3.45. The molecule has 1 heterocycles. The van der Waals surface area contributed by atoms with E-state index in [9.17, 15) is 12.8 Å². The summed E-state index contributed by atoms with van der Waals surface area (Å²) in [7, 11) is -2.69. The second kappa shape index (κ2) is 6.17. The van der Waals surface area contributed by atoms with Crippen LogP contribution >= 0.6 is 27.5 Å². The summed E-state index contributed by atoms with van der Waals surface area (Å²) >= 11 is 8.88. The van der Waals surface area contributed by atoms with E-state index in [2.05, 4.69) is 25.6 Å². The number of halogens is 3. The number of hydrogen-bond acceptors (Lipinski definition) is 4. The van der Waals surface area contributed by atoms with Crippen molar-refractivity contribution in [1.29, 1.82) is 0 Å². The fraction of sp³-hybridized carbons (Fsp3) is 0.0833. The molecular formula is C12H9BrClFN2O3S. The predicted molar refractivity (Wildman–Crippen MR) is 80.7 cm³/mol. The standard InChI is InChI=1S/C12H9BrClFN2O3S/c1-20-8-2-3-9(15)10(5-8)17-21(18,19)11-4-7(13)6-16-12(11)14/h2-6,17H,1H3. The summed E-state index contributed by atoms with van der Waals surface area (Å²) < 4.78 is 45.7. The first kappa shape index (κ1) is 16.0. The lowest BCUT2D eigenvalue weighted by Gasteiger charge is -2.11.